The van der Waals surface area contributed by atoms with Crippen molar-refractivity contribution in [1.82, 2.24) is 5.32 Å². The molecule has 3 aromatic carbocycles. The molecule has 0 saturated carbocycles. The molecule has 0 bridgehead atoms. The molecule has 3 aromatic rings. The fourth-order valence-corrected chi connectivity index (χ4v) is 3.95. The van der Waals surface area contributed by atoms with E-state index in [4.69, 9.17) is 4.74 Å². The van der Waals surface area contributed by atoms with Crippen LogP contribution in [0.1, 0.15) is 56.3 Å². The molecule has 5 nitrogen and oxygen atoms in total. The van der Waals surface area contributed by atoms with Crippen LogP contribution in [0.3, 0.4) is 0 Å². The van der Waals surface area contributed by atoms with Gasteiger partial charge in [0.1, 0.15) is 0 Å². The van der Waals surface area contributed by atoms with Crippen LogP contribution in [0.5, 0.6) is 0 Å². The first kappa shape index (κ1) is 20.5. The molecule has 1 atom stereocenters. The minimum Gasteiger partial charge on any atom is -0.452 e. The molecular formula is C26H23NO4. The van der Waals surface area contributed by atoms with E-state index in [1.54, 1.807) is 42.5 Å². The summed E-state index contributed by atoms with van der Waals surface area (Å²) in [6.07, 6.45) is 2.85. The number of ketones is 1. The zero-order chi connectivity index (χ0) is 21.6. The Bertz CT molecular complexity index is 1110. The van der Waals surface area contributed by atoms with Crippen LogP contribution in [0, 0.1) is 0 Å². The van der Waals surface area contributed by atoms with E-state index in [1.165, 1.54) is 11.6 Å². The van der Waals surface area contributed by atoms with Crippen LogP contribution >= 0.6 is 0 Å². The van der Waals surface area contributed by atoms with Crippen LogP contribution < -0.4 is 5.32 Å². The fourth-order valence-electron chi connectivity index (χ4n) is 3.95. The zero-order valence-corrected chi connectivity index (χ0v) is 17.0. The van der Waals surface area contributed by atoms with Crippen molar-refractivity contribution in [3.8, 4) is 0 Å². The molecule has 1 N–H and O–H groups in total. The molecule has 0 unspecified atom stereocenters. The zero-order valence-electron chi connectivity index (χ0n) is 17.0. The molecular weight excluding hydrogens is 390 g/mol. The van der Waals surface area contributed by atoms with E-state index < -0.39 is 12.6 Å². The van der Waals surface area contributed by atoms with Gasteiger partial charge in [-0.2, -0.15) is 0 Å². The van der Waals surface area contributed by atoms with Crippen molar-refractivity contribution in [3.63, 3.8) is 0 Å². The first-order valence-electron chi connectivity index (χ1n) is 10.4. The molecule has 0 radical (unpaired) electrons. The fraction of sp³-hybridized carbons (Fsp3) is 0.192. The van der Waals surface area contributed by atoms with Gasteiger partial charge in [-0.05, 0) is 36.5 Å². The Kier molecular flexibility index (Phi) is 6.22. The van der Waals surface area contributed by atoms with Gasteiger partial charge in [0.05, 0.1) is 11.6 Å². The van der Waals surface area contributed by atoms with Gasteiger partial charge in [0.25, 0.3) is 5.91 Å². The molecule has 4 rings (SSSR count). The lowest BCUT2D eigenvalue weighted by Gasteiger charge is -2.26. The second-order valence-corrected chi connectivity index (χ2v) is 7.53. The van der Waals surface area contributed by atoms with Crippen molar-refractivity contribution in [2.24, 2.45) is 0 Å². The van der Waals surface area contributed by atoms with Crippen LogP contribution in [-0.4, -0.2) is 24.3 Å². The predicted octanol–water partition coefficient (Wildman–Crippen LogP) is 4.27. The number of rotatable bonds is 6. The molecule has 5 heteroatoms. The highest BCUT2D eigenvalue weighted by Crippen LogP contribution is 2.29. The van der Waals surface area contributed by atoms with Gasteiger partial charge >= 0.3 is 5.97 Å². The Morgan fingerprint density at radius 3 is 2.32 bits per heavy atom. The number of ether oxygens (including phenoxy) is 1. The molecule has 0 fully saturated rings. The highest BCUT2D eigenvalue weighted by Gasteiger charge is 2.23. The number of aryl methyl sites for hydroxylation is 1. The summed E-state index contributed by atoms with van der Waals surface area (Å²) in [6, 6.07) is 23.2. The normalized spacial score (nSPS) is 14.9. The van der Waals surface area contributed by atoms with Crippen molar-refractivity contribution in [1.29, 1.82) is 0 Å². The smallest absolute Gasteiger partial charge is 0.339 e. The Hall–Kier alpha value is -3.73. The molecule has 1 amide bonds. The van der Waals surface area contributed by atoms with Gasteiger partial charge < -0.3 is 10.1 Å². The first-order valence-corrected chi connectivity index (χ1v) is 10.4. The molecule has 0 spiro atoms. The molecule has 0 heterocycles. The van der Waals surface area contributed by atoms with E-state index >= 15 is 0 Å². The molecule has 0 aromatic heterocycles. The summed E-state index contributed by atoms with van der Waals surface area (Å²) in [4.78, 5) is 37.9. The van der Waals surface area contributed by atoms with Crippen LogP contribution in [0.15, 0.2) is 78.9 Å². The van der Waals surface area contributed by atoms with E-state index in [0.29, 0.717) is 5.56 Å². The summed E-state index contributed by atoms with van der Waals surface area (Å²) in [5.74, 6) is -1.32. The minimum atomic E-state index is -0.695. The van der Waals surface area contributed by atoms with E-state index in [9.17, 15) is 14.4 Å². The Balaban J connectivity index is 1.41. The average Bonchev–Trinajstić information content (AvgIpc) is 2.83. The lowest BCUT2D eigenvalue weighted by Crippen LogP contribution is -2.34. The summed E-state index contributed by atoms with van der Waals surface area (Å²) >= 11 is 0. The second kappa shape index (κ2) is 9.39. The predicted molar refractivity (Wildman–Crippen MR) is 117 cm³/mol. The molecule has 31 heavy (non-hydrogen) atoms. The number of esters is 1. The van der Waals surface area contributed by atoms with Gasteiger partial charge in [-0.1, -0.05) is 72.8 Å². The van der Waals surface area contributed by atoms with Gasteiger partial charge in [-0.25, -0.2) is 4.79 Å². The summed E-state index contributed by atoms with van der Waals surface area (Å²) in [5.41, 5.74) is 3.24. The Labute approximate surface area is 181 Å². The molecule has 0 aliphatic heterocycles. The van der Waals surface area contributed by atoms with Crippen LogP contribution in [0.2, 0.25) is 0 Å². The highest BCUT2D eigenvalue weighted by molar-refractivity contribution is 6.14. The third kappa shape index (κ3) is 4.72. The van der Waals surface area contributed by atoms with Crippen LogP contribution in [-0.2, 0) is 16.0 Å². The maximum atomic E-state index is 12.8. The summed E-state index contributed by atoms with van der Waals surface area (Å²) in [6.45, 7) is -0.397. The van der Waals surface area contributed by atoms with Crippen molar-refractivity contribution < 1.29 is 19.1 Å². The SMILES string of the molecule is O=C(COC(=O)c1ccccc1C(=O)c1ccccc1)N[C@@H]1CCCc2ccccc21. The van der Waals surface area contributed by atoms with E-state index in [2.05, 4.69) is 11.4 Å². The number of nitrogens with one attached hydrogen (secondary N) is 1. The number of carbonyl (C=O) groups is 3. The van der Waals surface area contributed by atoms with Crippen LogP contribution in [0.4, 0.5) is 0 Å². The third-order valence-electron chi connectivity index (χ3n) is 5.47. The standard InChI is InChI=1S/C26H23NO4/c28-24(27-23-16-8-12-18-9-4-5-13-20(18)23)17-31-26(30)22-15-7-6-14-21(22)25(29)19-10-2-1-3-11-19/h1-7,9-11,13-15,23H,8,12,16-17H2,(H,27,28)/t23-/m1/s1. The van der Waals surface area contributed by atoms with Gasteiger partial charge in [0.15, 0.2) is 12.4 Å². The first-order chi connectivity index (χ1) is 15.1. The van der Waals surface area contributed by atoms with E-state index in [1.807, 2.05) is 24.3 Å². The van der Waals surface area contributed by atoms with E-state index in [0.717, 1.165) is 24.8 Å². The summed E-state index contributed by atoms with van der Waals surface area (Å²) < 4.78 is 5.24. The number of amides is 1. The van der Waals surface area contributed by atoms with Crippen molar-refractivity contribution in [2.75, 3.05) is 6.61 Å². The monoisotopic (exact) mass is 413 g/mol. The van der Waals surface area contributed by atoms with Crippen molar-refractivity contribution in [3.05, 3.63) is 107 Å². The molecule has 0 saturated heterocycles. The number of hydrogen-bond acceptors (Lipinski definition) is 4. The topological polar surface area (TPSA) is 72.5 Å². The lowest BCUT2D eigenvalue weighted by atomic mass is 9.88. The number of carbonyl (C=O) groups excluding carboxylic acids is 3. The van der Waals surface area contributed by atoms with Gasteiger partial charge in [0, 0.05) is 11.1 Å². The lowest BCUT2D eigenvalue weighted by molar-refractivity contribution is -0.125. The Morgan fingerprint density at radius 1 is 0.839 bits per heavy atom. The number of fused-ring (bicyclic) bond motifs is 1. The highest BCUT2D eigenvalue weighted by atomic mass is 16.5. The van der Waals surface area contributed by atoms with Crippen LogP contribution in [0.25, 0.3) is 0 Å². The number of hydrogen-bond donors (Lipinski definition) is 1. The van der Waals surface area contributed by atoms with Gasteiger partial charge in [0.2, 0.25) is 0 Å². The Morgan fingerprint density at radius 2 is 1.52 bits per heavy atom. The average molecular weight is 413 g/mol. The van der Waals surface area contributed by atoms with Crippen molar-refractivity contribution in [2.45, 2.75) is 25.3 Å². The maximum Gasteiger partial charge on any atom is 0.339 e. The summed E-state index contributed by atoms with van der Waals surface area (Å²) in [7, 11) is 0. The molecule has 1 aliphatic carbocycles. The van der Waals surface area contributed by atoms with E-state index in [-0.39, 0.29) is 28.9 Å². The molecule has 1 aliphatic rings. The summed E-state index contributed by atoms with van der Waals surface area (Å²) in [5, 5.41) is 2.96. The third-order valence-corrected chi connectivity index (χ3v) is 5.47. The van der Waals surface area contributed by atoms with Gasteiger partial charge in [-0.3, -0.25) is 9.59 Å². The van der Waals surface area contributed by atoms with Crippen molar-refractivity contribution >= 4 is 17.7 Å². The molecule has 156 valence electrons. The number of benzene rings is 3. The second-order valence-electron chi connectivity index (χ2n) is 7.53. The quantitative estimate of drug-likeness (QED) is 0.484. The minimum absolute atomic E-state index is 0.0805. The largest absolute Gasteiger partial charge is 0.452 e. The maximum absolute atomic E-state index is 12.8. The van der Waals surface area contributed by atoms with Gasteiger partial charge in [-0.15, -0.1) is 0 Å².